The zero-order valence-electron chi connectivity index (χ0n) is 23.0. The van der Waals surface area contributed by atoms with Crippen LogP contribution in [0, 0.1) is 17.8 Å². The molecule has 0 saturated carbocycles. The van der Waals surface area contributed by atoms with E-state index in [0.717, 1.165) is 37.2 Å². The van der Waals surface area contributed by atoms with Gasteiger partial charge in [0.15, 0.2) is 0 Å². The van der Waals surface area contributed by atoms with Gasteiger partial charge in [0.2, 0.25) is 0 Å². The number of ether oxygens (including phenoxy) is 2. The second-order valence-corrected chi connectivity index (χ2v) is 9.38. The average Bonchev–Trinajstić information content (AvgIpc) is 2.78. The van der Waals surface area contributed by atoms with E-state index in [1.807, 2.05) is 18.2 Å². The molecule has 0 saturated heterocycles. The van der Waals surface area contributed by atoms with Crippen LogP contribution in [0.4, 0.5) is 0 Å². The molecule has 3 nitrogen and oxygen atoms in total. The van der Waals surface area contributed by atoms with Crippen LogP contribution >= 0.6 is 0 Å². The van der Waals surface area contributed by atoms with Gasteiger partial charge in [-0.15, -0.1) is 6.58 Å². The maximum atomic E-state index is 6.57. The van der Waals surface area contributed by atoms with Crippen LogP contribution in [0.5, 0.6) is 0 Å². The molecule has 0 N–H and O–H groups in total. The van der Waals surface area contributed by atoms with Gasteiger partial charge in [0, 0.05) is 17.5 Å². The van der Waals surface area contributed by atoms with Crippen LogP contribution in [0.15, 0.2) is 65.4 Å². The third-order valence-electron chi connectivity index (χ3n) is 6.13. The molecule has 0 aliphatic carbocycles. The predicted octanol–water partition coefficient (Wildman–Crippen LogP) is 8.50. The normalized spacial score (nSPS) is 16.7. The first kappa shape index (κ1) is 31.1. The lowest BCUT2D eigenvalue weighted by molar-refractivity contribution is 0.0321. The van der Waals surface area contributed by atoms with Gasteiger partial charge in [-0.25, -0.2) is 0 Å². The van der Waals surface area contributed by atoms with Crippen molar-refractivity contribution in [2.45, 2.75) is 93.2 Å². The summed E-state index contributed by atoms with van der Waals surface area (Å²) in [5, 5.41) is 0. The van der Waals surface area contributed by atoms with Crippen LogP contribution in [-0.2, 0) is 9.47 Å². The number of nitrogens with zero attached hydrogens (tertiary/aromatic N) is 1. The molecule has 0 aromatic heterocycles. The molecule has 3 heteroatoms. The molecular weight excluding hydrogens is 406 g/mol. The summed E-state index contributed by atoms with van der Waals surface area (Å²) in [5.74, 6) is 1.82. The van der Waals surface area contributed by atoms with E-state index in [2.05, 4.69) is 80.7 Å². The van der Waals surface area contributed by atoms with Crippen molar-refractivity contribution in [3.63, 3.8) is 0 Å². The monoisotopic (exact) mass is 457 g/mol. The highest BCUT2D eigenvalue weighted by Crippen LogP contribution is 2.29. The molecule has 3 atom stereocenters. The Morgan fingerprint density at radius 2 is 1.70 bits per heavy atom. The smallest absolute Gasteiger partial charge is 0.0966 e. The Morgan fingerprint density at radius 3 is 2.15 bits per heavy atom. The van der Waals surface area contributed by atoms with Crippen molar-refractivity contribution in [2.24, 2.45) is 22.7 Å². The summed E-state index contributed by atoms with van der Waals surface area (Å²) in [4.78, 5) is 5.09. The van der Waals surface area contributed by atoms with Gasteiger partial charge in [-0.05, 0) is 51.5 Å². The molecule has 188 valence electrons. The topological polar surface area (TPSA) is 30.8 Å². The van der Waals surface area contributed by atoms with Crippen LogP contribution in [0.25, 0.3) is 0 Å². The molecule has 0 aliphatic heterocycles. The molecule has 0 heterocycles. The first-order valence-electron chi connectivity index (χ1n) is 12.7. The van der Waals surface area contributed by atoms with E-state index in [0.29, 0.717) is 18.4 Å². The maximum Gasteiger partial charge on any atom is 0.0966 e. The van der Waals surface area contributed by atoms with E-state index in [1.54, 1.807) is 7.11 Å². The summed E-state index contributed by atoms with van der Waals surface area (Å²) in [7, 11) is 1.74. The molecule has 0 bridgehead atoms. The van der Waals surface area contributed by atoms with E-state index in [9.17, 15) is 0 Å². The molecule has 0 aliphatic rings. The van der Waals surface area contributed by atoms with Crippen molar-refractivity contribution in [1.82, 2.24) is 0 Å². The molecule has 0 radical (unpaired) electrons. The van der Waals surface area contributed by atoms with Crippen molar-refractivity contribution in [1.29, 1.82) is 0 Å². The molecule has 3 unspecified atom stereocenters. The molecule has 0 aromatic rings. The Hall–Kier alpha value is -1.87. The third kappa shape index (κ3) is 11.7. The summed E-state index contributed by atoms with van der Waals surface area (Å²) < 4.78 is 12.2. The summed E-state index contributed by atoms with van der Waals surface area (Å²) in [5.41, 5.74) is 4.01. The van der Waals surface area contributed by atoms with Crippen LogP contribution in [0.2, 0.25) is 0 Å². The van der Waals surface area contributed by atoms with Crippen LogP contribution in [0.1, 0.15) is 81.1 Å². The largest absolute Gasteiger partial charge is 0.501 e. The van der Waals surface area contributed by atoms with Crippen LogP contribution in [-0.4, -0.2) is 31.6 Å². The molecule has 0 fully saturated rings. The van der Waals surface area contributed by atoms with E-state index in [4.69, 9.17) is 14.5 Å². The van der Waals surface area contributed by atoms with E-state index in [1.165, 1.54) is 11.1 Å². The zero-order valence-corrected chi connectivity index (χ0v) is 23.0. The van der Waals surface area contributed by atoms with Crippen LogP contribution in [0.3, 0.4) is 0 Å². The van der Waals surface area contributed by atoms with E-state index >= 15 is 0 Å². The zero-order chi connectivity index (χ0) is 25.4. The second kappa shape index (κ2) is 17.6. The number of aliphatic imine (C=N–C) groups is 1. The highest BCUT2D eigenvalue weighted by atomic mass is 16.5. The fraction of sp³-hybridized carbons (Fsp3) is 0.633. The number of allylic oxidation sites excluding steroid dienone is 5. The Kier molecular flexibility index (Phi) is 16.6. The number of hydrogen-bond donors (Lipinski definition) is 0. The maximum absolute atomic E-state index is 6.57. The number of methoxy groups -OCH3 is 1. The van der Waals surface area contributed by atoms with Crippen molar-refractivity contribution in [3.05, 3.63) is 60.4 Å². The summed E-state index contributed by atoms with van der Waals surface area (Å²) >= 11 is 0. The second-order valence-electron chi connectivity index (χ2n) is 9.38. The quantitative estimate of drug-likeness (QED) is 0.0948. The van der Waals surface area contributed by atoms with Gasteiger partial charge >= 0.3 is 0 Å². The molecule has 0 spiro atoms. The minimum absolute atomic E-state index is 0.00591. The minimum Gasteiger partial charge on any atom is -0.501 e. The van der Waals surface area contributed by atoms with E-state index in [-0.39, 0.29) is 18.1 Å². The SMILES string of the molecule is C=C/C=C\CCC(C)=NC(C=C)C(COC(/C=C(\OC)C(C)C)C(C)C)/C(CC)=C(\C)CC. The first-order valence-corrected chi connectivity index (χ1v) is 12.7. The Morgan fingerprint density at radius 1 is 1.03 bits per heavy atom. The summed E-state index contributed by atoms with van der Waals surface area (Å²) in [6.45, 7) is 26.0. The van der Waals surface area contributed by atoms with Gasteiger partial charge in [0.05, 0.1) is 31.6 Å². The lowest BCUT2D eigenvalue weighted by Crippen LogP contribution is -2.30. The first-order chi connectivity index (χ1) is 15.7. The minimum atomic E-state index is -0.00975. The molecular formula is C30H51NO2. The van der Waals surface area contributed by atoms with Crippen molar-refractivity contribution >= 4 is 5.71 Å². The Bertz CT molecular complexity index is 694. The van der Waals surface area contributed by atoms with Crippen molar-refractivity contribution in [2.75, 3.05) is 13.7 Å². The molecule has 0 aromatic carbocycles. The van der Waals surface area contributed by atoms with Crippen molar-refractivity contribution < 1.29 is 9.47 Å². The fourth-order valence-electron chi connectivity index (χ4n) is 3.93. The fourth-order valence-corrected chi connectivity index (χ4v) is 3.93. The molecule has 33 heavy (non-hydrogen) atoms. The Balaban J connectivity index is 5.97. The van der Waals surface area contributed by atoms with Gasteiger partial charge in [0.1, 0.15) is 0 Å². The van der Waals surface area contributed by atoms with Gasteiger partial charge in [-0.2, -0.15) is 0 Å². The number of hydrogen-bond acceptors (Lipinski definition) is 3. The van der Waals surface area contributed by atoms with Gasteiger partial charge < -0.3 is 9.47 Å². The number of rotatable bonds is 17. The summed E-state index contributed by atoms with van der Waals surface area (Å²) in [6.07, 6.45) is 14.0. The average molecular weight is 458 g/mol. The standard InChI is InChI=1S/C30H51NO2/c1-12-16-17-18-19-25(10)31-28(15-4)27(26(14-3)24(9)13-2)21-33-30(23(7)8)20-29(32-11)22(5)6/h12,15-17,20,22-23,27-28,30H,1,4,13-14,18-19,21H2,2-3,5-11H3/b17-16-,26-24+,29-20-,31-25?. The lowest BCUT2D eigenvalue weighted by atomic mass is 9.86. The van der Waals surface area contributed by atoms with Gasteiger partial charge in [-0.3, -0.25) is 4.99 Å². The van der Waals surface area contributed by atoms with Gasteiger partial charge in [-0.1, -0.05) is 83.6 Å². The highest BCUT2D eigenvalue weighted by Gasteiger charge is 2.26. The van der Waals surface area contributed by atoms with Crippen LogP contribution < -0.4 is 0 Å². The summed E-state index contributed by atoms with van der Waals surface area (Å²) in [6, 6.07) is -0.00591. The third-order valence-corrected chi connectivity index (χ3v) is 6.13. The lowest BCUT2D eigenvalue weighted by Gasteiger charge is -2.29. The molecule has 0 amide bonds. The predicted molar refractivity (Wildman–Crippen MR) is 147 cm³/mol. The van der Waals surface area contributed by atoms with E-state index < -0.39 is 0 Å². The van der Waals surface area contributed by atoms with Gasteiger partial charge in [0.25, 0.3) is 0 Å². The Labute approximate surface area is 205 Å². The van der Waals surface area contributed by atoms with Crippen molar-refractivity contribution in [3.8, 4) is 0 Å². The highest BCUT2D eigenvalue weighted by molar-refractivity contribution is 5.82. The molecule has 0 rings (SSSR count).